The average molecular weight is 484 g/mol. The molecule has 156 valence electrons. The molecule has 0 saturated carbocycles. The van der Waals surface area contributed by atoms with Crippen LogP contribution in [0.5, 0.6) is 5.75 Å². The van der Waals surface area contributed by atoms with Crippen molar-refractivity contribution in [2.45, 2.75) is 4.90 Å². The fraction of sp³-hybridized carbons (Fsp3) is 0.0833. The Hall–Kier alpha value is -2.25. The molecule has 1 saturated heterocycles. The van der Waals surface area contributed by atoms with E-state index in [4.69, 9.17) is 28.6 Å². The van der Waals surface area contributed by atoms with Gasteiger partial charge in [-0.3, -0.25) is 9.69 Å². The zero-order valence-electron chi connectivity index (χ0n) is 16.4. The maximum Gasteiger partial charge on any atom is 0.270 e. The van der Waals surface area contributed by atoms with Crippen LogP contribution < -0.4 is 9.64 Å². The van der Waals surface area contributed by atoms with Crippen molar-refractivity contribution in [2.24, 2.45) is 0 Å². The number of para-hydroxylation sites is 2. The van der Waals surface area contributed by atoms with Crippen LogP contribution in [0.25, 0.3) is 6.08 Å². The molecule has 31 heavy (non-hydrogen) atoms. The van der Waals surface area contributed by atoms with Crippen LogP contribution in [0.3, 0.4) is 0 Å². The zero-order chi connectivity index (χ0) is 21.6. The van der Waals surface area contributed by atoms with Gasteiger partial charge in [0.05, 0.1) is 17.2 Å². The van der Waals surface area contributed by atoms with Gasteiger partial charge in [0.15, 0.2) is 4.32 Å². The molecular formula is C24H18ClNO2S3. The normalized spacial score (nSPS) is 15.0. The first-order valence-corrected chi connectivity index (χ1v) is 12.1. The van der Waals surface area contributed by atoms with Crippen molar-refractivity contribution in [2.75, 3.05) is 17.3 Å². The Morgan fingerprint density at radius 1 is 1.00 bits per heavy atom. The fourth-order valence-electron chi connectivity index (χ4n) is 2.98. The molecule has 0 spiro atoms. The van der Waals surface area contributed by atoms with Gasteiger partial charge in [0.25, 0.3) is 5.91 Å². The van der Waals surface area contributed by atoms with E-state index in [9.17, 15) is 4.79 Å². The van der Waals surface area contributed by atoms with Gasteiger partial charge in [0.2, 0.25) is 0 Å². The van der Waals surface area contributed by atoms with E-state index in [2.05, 4.69) is 0 Å². The molecule has 0 unspecified atom stereocenters. The van der Waals surface area contributed by atoms with Crippen LogP contribution >= 0.6 is 47.3 Å². The van der Waals surface area contributed by atoms with Crippen LogP contribution in [0.1, 0.15) is 5.56 Å². The van der Waals surface area contributed by atoms with E-state index in [1.807, 2.05) is 84.9 Å². The van der Waals surface area contributed by atoms with Gasteiger partial charge in [-0.05, 0) is 48.5 Å². The largest absolute Gasteiger partial charge is 0.492 e. The quantitative estimate of drug-likeness (QED) is 0.157. The first kappa shape index (κ1) is 22.0. The minimum atomic E-state index is -0.116. The molecule has 3 aromatic carbocycles. The van der Waals surface area contributed by atoms with Crippen molar-refractivity contribution < 1.29 is 9.53 Å². The number of hydrogen-bond acceptors (Lipinski definition) is 5. The number of ether oxygens (including phenoxy) is 1. The summed E-state index contributed by atoms with van der Waals surface area (Å²) in [4.78, 5) is 16.3. The molecule has 1 fully saturated rings. The van der Waals surface area contributed by atoms with Crippen molar-refractivity contribution in [1.29, 1.82) is 0 Å². The number of hydrogen-bond donors (Lipinski definition) is 0. The van der Waals surface area contributed by atoms with E-state index in [0.717, 1.165) is 32.7 Å². The average Bonchev–Trinajstić information content (AvgIpc) is 3.07. The highest BCUT2D eigenvalue weighted by Crippen LogP contribution is 2.37. The summed E-state index contributed by atoms with van der Waals surface area (Å²) >= 11 is 14.4. The van der Waals surface area contributed by atoms with Gasteiger partial charge >= 0.3 is 0 Å². The van der Waals surface area contributed by atoms with E-state index in [0.29, 0.717) is 15.8 Å². The molecule has 0 atom stereocenters. The first-order chi connectivity index (χ1) is 15.1. The second kappa shape index (κ2) is 10.4. The molecule has 0 bridgehead atoms. The highest BCUT2D eigenvalue weighted by Gasteiger charge is 2.33. The van der Waals surface area contributed by atoms with E-state index in [-0.39, 0.29) is 5.91 Å². The summed E-state index contributed by atoms with van der Waals surface area (Å²) in [5.41, 5.74) is 1.63. The summed E-state index contributed by atoms with van der Waals surface area (Å²) in [5.74, 6) is 1.42. The summed E-state index contributed by atoms with van der Waals surface area (Å²) < 4.78 is 6.54. The third-order valence-corrected chi connectivity index (χ3v) is 6.97. The number of benzene rings is 3. The molecule has 0 radical (unpaired) electrons. The number of thiocarbonyl (C=S) groups is 1. The highest BCUT2D eigenvalue weighted by molar-refractivity contribution is 8.27. The van der Waals surface area contributed by atoms with Crippen molar-refractivity contribution in [3.8, 4) is 5.75 Å². The Labute approximate surface area is 200 Å². The van der Waals surface area contributed by atoms with Crippen molar-refractivity contribution >= 4 is 69.3 Å². The topological polar surface area (TPSA) is 29.5 Å². The molecule has 3 aromatic rings. The van der Waals surface area contributed by atoms with Crippen LogP contribution in [0.4, 0.5) is 5.69 Å². The smallest absolute Gasteiger partial charge is 0.270 e. The minimum absolute atomic E-state index is 0.116. The molecule has 0 aromatic heterocycles. The summed E-state index contributed by atoms with van der Waals surface area (Å²) in [7, 11) is 0. The van der Waals surface area contributed by atoms with Gasteiger partial charge in [-0.15, -0.1) is 11.8 Å². The van der Waals surface area contributed by atoms with Crippen LogP contribution in [0.15, 0.2) is 88.7 Å². The SMILES string of the molecule is O=C1C(=Cc2ccccc2OCCSc2ccc(Cl)cc2)SC(=S)N1c1ccccc1. The van der Waals surface area contributed by atoms with Gasteiger partial charge in [-0.2, -0.15) is 0 Å². The predicted molar refractivity (Wildman–Crippen MR) is 136 cm³/mol. The fourth-order valence-corrected chi connectivity index (χ4v) is 5.13. The van der Waals surface area contributed by atoms with Crippen LogP contribution in [-0.2, 0) is 4.79 Å². The van der Waals surface area contributed by atoms with E-state index in [1.165, 1.54) is 11.8 Å². The molecule has 3 nitrogen and oxygen atoms in total. The number of carbonyl (C=O) groups excluding carboxylic acids is 1. The second-order valence-corrected chi connectivity index (χ2v) is 9.82. The number of anilines is 1. The predicted octanol–water partition coefficient (Wildman–Crippen LogP) is 6.92. The standard InChI is InChI=1S/C24H18ClNO2S3/c25-18-10-12-20(13-11-18)30-15-14-28-21-9-5-4-6-17(21)16-22-23(27)26(24(29)31-22)19-7-2-1-3-8-19/h1-13,16H,14-15H2. The Morgan fingerprint density at radius 3 is 2.48 bits per heavy atom. The number of rotatable bonds is 7. The Bertz CT molecular complexity index is 1120. The monoisotopic (exact) mass is 483 g/mol. The lowest BCUT2D eigenvalue weighted by Gasteiger charge is -2.14. The summed E-state index contributed by atoms with van der Waals surface area (Å²) in [6, 6.07) is 24.9. The summed E-state index contributed by atoms with van der Waals surface area (Å²) in [6.45, 7) is 0.545. The highest BCUT2D eigenvalue weighted by atomic mass is 35.5. The molecule has 1 amide bonds. The van der Waals surface area contributed by atoms with Crippen molar-refractivity contribution in [3.05, 3.63) is 94.4 Å². The lowest BCUT2D eigenvalue weighted by molar-refractivity contribution is -0.113. The van der Waals surface area contributed by atoms with Gasteiger partial charge in [-0.25, -0.2) is 0 Å². The van der Waals surface area contributed by atoms with Gasteiger partial charge in [-0.1, -0.05) is 72.0 Å². The molecule has 1 aliphatic rings. The van der Waals surface area contributed by atoms with Crippen LogP contribution in [0.2, 0.25) is 5.02 Å². The Balaban J connectivity index is 1.43. The Kier molecular flexibility index (Phi) is 7.35. The minimum Gasteiger partial charge on any atom is -0.492 e. The Morgan fingerprint density at radius 2 is 1.71 bits per heavy atom. The second-order valence-electron chi connectivity index (χ2n) is 6.54. The molecule has 1 heterocycles. The van der Waals surface area contributed by atoms with Crippen LogP contribution in [-0.4, -0.2) is 22.6 Å². The van der Waals surface area contributed by atoms with Crippen molar-refractivity contribution in [3.63, 3.8) is 0 Å². The van der Waals surface area contributed by atoms with Gasteiger partial charge in [0.1, 0.15) is 5.75 Å². The third kappa shape index (κ3) is 5.52. The third-order valence-electron chi connectivity index (χ3n) is 4.44. The molecular weight excluding hydrogens is 466 g/mol. The zero-order valence-corrected chi connectivity index (χ0v) is 19.6. The first-order valence-electron chi connectivity index (χ1n) is 9.55. The summed E-state index contributed by atoms with van der Waals surface area (Å²) in [5, 5.41) is 0.729. The number of amides is 1. The summed E-state index contributed by atoms with van der Waals surface area (Å²) in [6.07, 6.45) is 1.85. The molecule has 0 aliphatic carbocycles. The van der Waals surface area contributed by atoms with Gasteiger partial charge < -0.3 is 4.74 Å². The lowest BCUT2D eigenvalue weighted by Crippen LogP contribution is -2.27. The molecule has 4 rings (SSSR count). The van der Waals surface area contributed by atoms with Crippen molar-refractivity contribution in [1.82, 2.24) is 0 Å². The lowest BCUT2D eigenvalue weighted by atomic mass is 10.2. The number of halogens is 1. The van der Waals surface area contributed by atoms with Crippen LogP contribution in [0, 0.1) is 0 Å². The molecule has 0 N–H and O–H groups in total. The van der Waals surface area contributed by atoms with E-state index >= 15 is 0 Å². The van der Waals surface area contributed by atoms with E-state index in [1.54, 1.807) is 16.7 Å². The maximum absolute atomic E-state index is 13.0. The van der Waals surface area contributed by atoms with Gasteiger partial charge in [0, 0.05) is 21.2 Å². The number of nitrogens with zero attached hydrogens (tertiary/aromatic N) is 1. The molecule has 1 aliphatic heterocycles. The maximum atomic E-state index is 13.0. The number of thioether (sulfide) groups is 2. The molecule has 7 heteroatoms. The van der Waals surface area contributed by atoms with E-state index < -0.39 is 0 Å². The number of carbonyl (C=O) groups is 1.